The third-order valence-corrected chi connectivity index (χ3v) is 3.63. The topological polar surface area (TPSA) is 46.2 Å². The summed E-state index contributed by atoms with van der Waals surface area (Å²) in [7, 11) is 0. The number of nitrogens with one attached hydrogen (secondary N) is 2. The lowest BCUT2D eigenvalue weighted by Gasteiger charge is -2.15. The van der Waals surface area contributed by atoms with Gasteiger partial charge < -0.3 is 15.4 Å². The molecule has 0 saturated carbocycles. The molecule has 0 fully saturated rings. The van der Waals surface area contributed by atoms with Gasteiger partial charge in [0.1, 0.15) is 17.4 Å². The van der Waals surface area contributed by atoms with E-state index in [0.717, 1.165) is 6.07 Å². The smallest absolute Gasteiger partial charge is 0.419 e. The van der Waals surface area contributed by atoms with Gasteiger partial charge >= 0.3 is 6.18 Å². The van der Waals surface area contributed by atoms with Crippen LogP contribution in [-0.4, -0.2) is 23.2 Å². The summed E-state index contributed by atoms with van der Waals surface area (Å²) in [6.07, 6.45) is -3.07. The highest BCUT2D eigenvalue weighted by molar-refractivity contribution is 7.80. The first kappa shape index (κ1) is 19.9. The number of anilines is 1. The zero-order valence-electron chi connectivity index (χ0n) is 13.9. The summed E-state index contributed by atoms with van der Waals surface area (Å²) in [6, 6.07) is 6.62. The normalized spacial score (nSPS) is 11.1. The Labute approximate surface area is 153 Å². The van der Waals surface area contributed by atoms with Crippen molar-refractivity contribution in [2.45, 2.75) is 19.5 Å². The molecule has 1 aromatic carbocycles. The molecule has 0 atom stereocenters. The van der Waals surface area contributed by atoms with Gasteiger partial charge in [0, 0.05) is 18.3 Å². The van der Waals surface area contributed by atoms with Crippen LogP contribution in [0.1, 0.15) is 18.1 Å². The average molecular weight is 387 g/mol. The molecule has 2 rings (SSSR count). The molecule has 0 radical (unpaired) electrons. The van der Waals surface area contributed by atoms with Crippen molar-refractivity contribution in [1.82, 2.24) is 10.3 Å². The highest BCUT2D eigenvalue weighted by Crippen LogP contribution is 2.33. The Morgan fingerprint density at radius 3 is 2.69 bits per heavy atom. The van der Waals surface area contributed by atoms with Crippen LogP contribution in [0.15, 0.2) is 36.5 Å². The molecule has 26 heavy (non-hydrogen) atoms. The van der Waals surface area contributed by atoms with Gasteiger partial charge in [-0.2, -0.15) is 13.2 Å². The lowest BCUT2D eigenvalue weighted by molar-refractivity contribution is -0.137. The number of nitrogens with zero attached hydrogens (tertiary/aromatic N) is 1. The third-order valence-electron chi connectivity index (χ3n) is 3.38. The number of aromatic nitrogens is 1. The van der Waals surface area contributed by atoms with E-state index in [9.17, 15) is 17.6 Å². The molecule has 2 aromatic rings. The second-order valence-corrected chi connectivity index (χ2v) is 5.59. The van der Waals surface area contributed by atoms with Crippen LogP contribution in [0.4, 0.5) is 23.4 Å². The van der Waals surface area contributed by atoms with Crippen molar-refractivity contribution >= 4 is 23.1 Å². The van der Waals surface area contributed by atoms with Gasteiger partial charge in [-0.3, -0.25) is 0 Å². The van der Waals surface area contributed by atoms with Crippen LogP contribution in [0.25, 0.3) is 0 Å². The van der Waals surface area contributed by atoms with Crippen molar-refractivity contribution in [2.75, 3.05) is 18.5 Å². The highest BCUT2D eigenvalue weighted by atomic mass is 32.1. The first-order chi connectivity index (χ1) is 12.3. The molecular formula is C17H17F4N3OS. The van der Waals surface area contributed by atoms with Crippen LogP contribution in [0.5, 0.6) is 5.75 Å². The van der Waals surface area contributed by atoms with E-state index in [4.69, 9.17) is 17.0 Å². The zero-order valence-corrected chi connectivity index (χ0v) is 14.7. The molecule has 2 N–H and O–H groups in total. The molecule has 0 aliphatic rings. The van der Waals surface area contributed by atoms with Crippen molar-refractivity contribution in [2.24, 2.45) is 0 Å². The number of hydrogen-bond donors (Lipinski definition) is 2. The number of benzene rings is 1. The lowest BCUT2D eigenvalue weighted by atomic mass is 10.1. The van der Waals surface area contributed by atoms with Gasteiger partial charge in [0.05, 0.1) is 12.2 Å². The summed E-state index contributed by atoms with van der Waals surface area (Å²) in [6.45, 7) is 2.39. The molecule has 0 amide bonds. The second-order valence-electron chi connectivity index (χ2n) is 5.18. The van der Waals surface area contributed by atoms with Gasteiger partial charge in [-0.1, -0.05) is 6.07 Å². The third kappa shape index (κ3) is 5.29. The second kappa shape index (κ2) is 8.79. The molecular weight excluding hydrogens is 370 g/mol. The summed E-state index contributed by atoms with van der Waals surface area (Å²) in [5.74, 6) is -0.378. The number of rotatable bonds is 6. The lowest BCUT2D eigenvalue weighted by Crippen LogP contribution is -2.31. The fraction of sp³-hybridized carbons (Fsp3) is 0.294. The fourth-order valence-corrected chi connectivity index (χ4v) is 2.46. The Balaban J connectivity index is 1.97. The molecule has 9 heteroatoms. The Morgan fingerprint density at radius 2 is 2.00 bits per heavy atom. The SMILES string of the molecule is CCOc1cccc(F)c1CCNC(=S)Nc1ncccc1C(F)(F)F. The molecule has 1 heterocycles. The van der Waals surface area contributed by atoms with E-state index in [0.29, 0.717) is 17.9 Å². The number of thiocarbonyl (C=S) groups is 1. The van der Waals surface area contributed by atoms with Crippen molar-refractivity contribution in [3.8, 4) is 5.75 Å². The highest BCUT2D eigenvalue weighted by Gasteiger charge is 2.34. The first-order valence-electron chi connectivity index (χ1n) is 7.80. The molecule has 0 bridgehead atoms. The van der Waals surface area contributed by atoms with Crippen LogP contribution in [0, 0.1) is 5.82 Å². The zero-order chi connectivity index (χ0) is 19.2. The Kier molecular flexibility index (Phi) is 6.73. The van der Waals surface area contributed by atoms with Crippen LogP contribution >= 0.6 is 12.2 Å². The summed E-state index contributed by atoms with van der Waals surface area (Å²) in [4.78, 5) is 3.67. The van der Waals surface area contributed by atoms with Crippen LogP contribution in [-0.2, 0) is 12.6 Å². The van der Waals surface area contributed by atoms with E-state index < -0.39 is 23.4 Å². The summed E-state index contributed by atoms with van der Waals surface area (Å²) < 4.78 is 58.1. The minimum Gasteiger partial charge on any atom is -0.493 e. The summed E-state index contributed by atoms with van der Waals surface area (Å²) in [5, 5.41) is 5.13. The van der Waals surface area contributed by atoms with Crippen LogP contribution in [0.3, 0.4) is 0 Å². The Bertz CT molecular complexity index is 768. The maximum absolute atomic E-state index is 13.9. The standard InChI is InChI=1S/C17H17F4N3OS/c1-2-25-14-7-3-6-13(18)11(14)8-10-23-16(26)24-15-12(17(19,20)21)5-4-9-22-15/h3-7,9H,2,8,10H2,1H3,(H2,22,23,24,26). The minimum absolute atomic E-state index is 0.0384. The maximum Gasteiger partial charge on any atom is 0.419 e. The van der Waals surface area contributed by atoms with Gasteiger partial charge in [0.15, 0.2) is 5.11 Å². The predicted octanol–water partition coefficient (Wildman–Crippen LogP) is 4.17. The van der Waals surface area contributed by atoms with Gasteiger partial charge in [-0.15, -0.1) is 0 Å². The molecule has 0 spiro atoms. The van der Waals surface area contributed by atoms with Crippen LogP contribution < -0.4 is 15.4 Å². The molecule has 140 valence electrons. The summed E-state index contributed by atoms with van der Waals surface area (Å²) in [5.41, 5.74) is -0.546. The number of halogens is 4. The fourth-order valence-electron chi connectivity index (χ4n) is 2.26. The molecule has 4 nitrogen and oxygen atoms in total. The first-order valence-corrected chi connectivity index (χ1v) is 8.21. The number of ether oxygens (including phenoxy) is 1. The monoisotopic (exact) mass is 387 g/mol. The van der Waals surface area contributed by atoms with Crippen molar-refractivity contribution in [1.29, 1.82) is 0 Å². The van der Waals surface area contributed by atoms with E-state index in [1.807, 2.05) is 0 Å². The number of pyridine rings is 1. The van der Waals surface area contributed by atoms with Crippen molar-refractivity contribution < 1.29 is 22.3 Å². The summed E-state index contributed by atoms with van der Waals surface area (Å²) >= 11 is 5.00. The van der Waals surface area contributed by atoms with E-state index >= 15 is 0 Å². The van der Waals surface area contributed by atoms with Crippen molar-refractivity contribution in [3.63, 3.8) is 0 Å². The van der Waals surface area contributed by atoms with E-state index in [2.05, 4.69) is 15.6 Å². The Morgan fingerprint density at radius 1 is 1.23 bits per heavy atom. The van der Waals surface area contributed by atoms with Crippen LogP contribution in [0.2, 0.25) is 0 Å². The van der Waals surface area contributed by atoms with Gasteiger partial charge in [-0.05, 0) is 49.8 Å². The molecule has 0 aliphatic carbocycles. The van der Waals surface area contributed by atoms with Gasteiger partial charge in [0.2, 0.25) is 0 Å². The molecule has 0 unspecified atom stereocenters. The van der Waals surface area contributed by atoms with E-state index in [1.165, 1.54) is 18.3 Å². The Hall–Kier alpha value is -2.42. The van der Waals surface area contributed by atoms with Gasteiger partial charge in [0.25, 0.3) is 0 Å². The van der Waals surface area contributed by atoms with Crippen molar-refractivity contribution in [3.05, 3.63) is 53.5 Å². The van der Waals surface area contributed by atoms with E-state index in [-0.39, 0.29) is 18.1 Å². The van der Waals surface area contributed by atoms with Gasteiger partial charge in [-0.25, -0.2) is 9.37 Å². The maximum atomic E-state index is 13.9. The van der Waals surface area contributed by atoms with E-state index in [1.54, 1.807) is 19.1 Å². The predicted molar refractivity (Wildman–Crippen MR) is 94.7 cm³/mol. The largest absolute Gasteiger partial charge is 0.493 e. The molecule has 1 aromatic heterocycles. The molecule has 0 saturated heterocycles. The minimum atomic E-state index is -4.55. The average Bonchev–Trinajstić information content (AvgIpc) is 2.57. The number of alkyl halides is 3. The number of hydrogen-bond acceptors (Lipinski definition) is 3. The molecule has 0 aliphatic heterocycles. The quantitative estimate of drug-likeness (QED) is 0.576.